The molecule has 106 valence electrons. The highest BCUT2D eigenvalue weighted by atomic mass is 16.5. The Morgan fingerprint density at radius 2 is 2.00 bits per heavy atom. The first-order chi connectivity index (χ1) is 8.37. The normalized spacial score (nSPS) is 20.8. The number of nitrogens with two attached hydrogens (primary N) is 1. The highest BCUT2D eigenvalue weighted by Crippen LogP contribution is 2.04. The summed E-state index contributed by atoms with van der Waals surface area (Å²) in [4.78, 5) is 6.83. The Bertz CT molecular complexity index is 267. The molecule has 1 heterocycles. The third-order valence-corrected chi connectivity index (χ3v) is 2.75. The third kappa shape index (κ3) is 6.81. The number of guanidine groups is 1. The molecule has 0 aromatic carbocycles. The maximum atomic E-state index is 5.85. The van der Waals surface area contributed by atoms with E-state index in [1.165, 1.54) is 0 Å². The molecular weight excluding hydrogens is 228 g/mol. The SMILES string of the molecule is CC(CN=C(N)NC(C)(C)C)CN1CCOCC1. The van der Waals surface area contributed by atoms with Gasteiger partial charge in [-0.15, -0.1) is 0 Å². The highest BCUT2D eigenvalue weighted by Gasteiger charge is 2.14. The topological polar surface area (TPSA) is 62.9 Å². The third-order valence-electron chi connectivity index (χ3n) is 2.75. The van der Waals surface area contributed by atoms with Crippen molar-refractivity contribution >= 4 is 5.96 Å². The maximum absolute atomic E-state index is 5.85. The van der Waals surface area contributed by atoms with Crippen molar-refractivity contribution in [3.8, 4) is 0 Å². The number of nitrogens with one attached hydrogen (secondary N) is 1. The van der Waals surface area contributed by atoms with Gasteiger partial charge in [0.2, 0.25) is 0 Å². The fourth-order valence-corrected chi connectivity index (χ4v) is 1.96. The lowest BCUT2D eigenvalue weighted by Gasteiger charge is -2.28. The molecule has 1 unspecified atom stereocenters. The van der Waals surface area contributed by atoms with E-state index in [2.05, 4.69) is 42.9 Å². The van der Waals surface area contributed by atoms with Crippen LogP contribution in [-0.4, -0.2) is 55.8 Å². The molecule has 1 saturated heterocycles. The first-order valence-corrected chi connectivity index (χ1v) is 6.75. The van der Waals surface area contributed by atoms with Gasteiger partial charge in [-0.3, -0.25) is 9.89 Å². The summed E-state index contributed by atoms with van der Waals surface area (Å²) in [5, 5.41) is 3.17. The number of aliphatic imine (C=N–C) groups is 1. The molecule has 0 aromatic rings. The average molecular weight is 256 g/mol. The van der Waals surface area contributed by atoms with E-state index in [-0.39, 0.29) is 5.54 Å². The van der Waals surface area contributed by atoms with Gasteiger partial charge in [0.05, 0.1) is 13.2 Å². The Kier molecular flexibility index (Phi) is 5.88. The second-order valence-electron chi connectivity index (χ2n) is 6.12. The van der Waals surface area contributed by atoms with Crippen LogP contribution in [0.4, 0.5) is 0 Å². The molecule has 1 aliphatic rings. The van der Waals surface area contributed by atoms with Gasteiger partial charge < -0.3 is 15.8 Å². The second-order valence-corrected chi connectivity index (χ2v) is 6.12. The van der Waals surface area contributed by atoms with E-state index in [0.717, 1.165) is 39.4 Å². The van der Waals surface area contributed by atoms with Crippen molar-refractivity contribution in [1.82, 2.24) is 10.2 Å². The number of nitrogens with zero attached hydrogens (tertiary/aromatic N) is 2. The molecule has 0 radical (unpaired) electrons. The molecule has 1 rings (SSSR count). The Labute approximate surface area is 111 Å². The molecule has 0 aliphatic carbocycles. The van der Waals surface area contributed by atoms with Crippen molar-refractivity contribution in [2.24, 2.45) is 16.6 Å². The molecule has 3 N–H and O–H groups in total. The minimum Gasteiger partial charge on any atom is -0.379 e. The molecule has 1 fully saturated rings. The average Bonchev–Trinajstić information content (AvgIpc) is 2.25. The predicted octanol–water partition coefficient (Wildman–Crippen LogP) is 0.658. The van der Waals surface area contributed by atoms with Gasteiger partial charge in [-0.25, -0.2) is 0 Å². The number of hydrogen-bond acceptors (Lipinski definition) is 3. The van der Waals surface area contributed by atoms with Gasteiger partial charge in [-0.05, 0) is 26.7 Å². The highest BCUT2D eigenvalue weighted by molar-refractivity contribution is 5.78. The van der Waals surface area contributed by atoms with E-state index in [0.29, 0.717) is 11.9 Å². The zero-order valence-electron chi connectivity index (χ0n) is 12.2. The molecule has 1 atom stereocenters. The molecule has 18 heavy (non-hydrogen) atoms. The molecule has 0 bridgehead atoms. The van der Waals surface area contributed by atoms with Gasteiger partial charge in [0.1, 0.15) is 0 Å². The van der Waals surface area contributed by atoms with Gasteiger partial charge in [0.25, 0.3) is 0 Å². The number of rotatable bonds is 4. The van der Waals surface area contributed by atoms with Gasteiger partial charge >= 0.3 is 0 Å². The van der Waals surface area contributed by atoms with Crippen LogP contribution in [0.25, 0.3) is 0 Å². The van der Waals surface area contributed by atoms with Crippen LogP contribution >= 0.6 is 0 Å². The number of ether oxygens (including phenoxy) is 1. The zero-order chi connectivity index (χ0) is 13.6. The first kappa shape index (κ1) is 15.2. The van der Waals surface area contributed by atoms with E-state index in [9.17, 15) is 0 Å². The maximum Gasteiger partial charge on any atom is 0.188 e. The zero-order valence-corrected chi connectivity index (χ0v) is 12.2. The van der Waals surface area contributed by atoms with Crippen LogP contribution in [-0.2, 0) is 4.74 Å². The Morgan fingerprint density at radius 1 is 1.39 bits per heavy atom. The van der Waals surface area contributed by atoms with Crippen LogP contribution in [0, 0.1) is 5.92 Å². The van der Waals surface area contributed by atoms with Crippen LogP contribution in [0.1, 0.15) is 27.7 Å². The summed E-state index contributed by atoms with van der Waals surface area (Å²) < 4.78 is 5.34. The van der Waals surface area contributed by atoms with Crippen molar-refractivity contribution in [2.45, 2.75) is 33.2 Å². The van der Waals surface area contributed by atoms with E-state index < -0.39 is 0 Å². The lowest BCUT2D eigenvalue weighted by Crippen LogP contribution is -2.45. The summed E-state index contributed by atoms with van der Waals surface area (Å²) >= 11 is 0. The lowest BCUT2D eigenvalue weighted by atomic mass is 10.1. The van der Waals surface area contributed by atoms with Gasteiger partial charge in [0.15, 0.2) is 5.96 Å². The molecule has 5 nitrogen and oxygen atoms in total. The predicted molar refractivity (Wildman–Crippen MR) is 75.8 cm³/mol. The molecule has 0 spiro atoms. The smallest absolute Gasteiger partial charge is 0.188 e. The van der Waals surface area contributed by atoms with E-state index in [4.69, 9.17) is 10.5 Å². The second kappa shape index (κ2) is 6.95. The van der Waals surface area contributed by atoms with Crippen LogP contribution in [0.5, 0.6) is 0 Å². The van der Waals surface area contributed by atoms with Crippen molar-refractivity contribution < 1.29 is 4.74 Å². The molecule has 1 aliphatic heterocycles. The fraction of sp³-hybridized carbons (Fsp3) is 0.923. The van der Waals surface area contributed by atoms with Crippen molar-refractivity contribution in [3.63, 3.8) is 0 Å². The number of morpholine rings is 1. The summed E-state index contributed by atoms with van der Waals surface area (Å²) in [6, 6.07) is 0. The summed E-state index contributed by atoms with van der Waals surface area (Å²) in [5.41, 5.74) is 5.82. The largest absolute Gasteiger partial charge is 0.379 e. The number of hydrogen-bond donors (Lipinski definition) is 2. The van der Waals surface area contributed by atoms with Gasteiger partial charge in [-0.2, -0.15) is 0 Å². The first-order valence-electron chi connectivity index (χ1n) is 6.75. The van der Waals surface area contributed by atoms with Crippen molar-refractivity contribution in [1.29, 1.82) is 0 Å². The summed E-state index contributed by atoms with van der Waals surface area (Å²) in [6.07, 6.45) is 0. The molecular formula is C13H28N4O. The Balaban J connectivity index is 2.26. The Morgan fingerprint density at radius 3 is 2.56 bits per heavy atom. The van der Waals surface area contributed by atoms with Crippen LogP contribution in [0.2, 0.25) is 0 Å². The summed E-state index contributed by atoms with van der Waals surface area (Å²) in [6.45, 7) is 14.0. The Hall–Kier alpha value is -0.810. The molecule has 5 heteroatoms. The van der Waals surface area contributed by atoms with E-state index in [1.54, 1.807) is 0 Å². The van der Waals surface area contributed by atoms with E-state index in [1.807, 2.05) is 0 Å². The monoisotopic (exact) mass is 256 g/mol. The van der Waals surface area contributed by atoms with Gasteiger partial charge in [0, 0.05) is 31.7 Å². The molecule has 0 saturated carbocycles. The summed E-state index contributed by atoms with van der Waals surface area (Å²) in [5.74, 6) is 1.06. The summed E-state index contributed by atoms with van der Waals surface area (Å²) in [7, 11) is 0. The quantitative estimate of drug-likeness (QED) is 0.573. The van der Waals surface area contributed by atoms with Crippen molar-refractivity contribution in [3.05, 3.63) is 0 Å². The minimum absolute atomic E-state index is 0.0268. The van der Waals surface area contributed by atoms with E-state index >= 15 is 0 Å². The molecule has 0 amide bonds. The van der Waals surface area contributed by atoms with Gasteiger partial charge in [-0.1, -0.05) is 6.92 Å². The molecule has 0 aromatic heterocycles. The lowest BCUT2D eigenvalue weighted by molar-refractivity contribution is 0.0323. The standard InChI is InChI=1S/C13H28N4O/c1-11(10-17-5-7-18-8-6-17)9-15-12(14)16-13(2,3)4/h11H,5-10H2,1-4H3,(H3,14,15,16). The minimum atomic E-state index is -0.0268. The van der Waals surface area contributed by atoms with Crippen LogP contribution in [0.15, 0.2) is 4.99 Å². The fourth-order valence-electron chi connectivity index (χ4n) is 1.96. The van der Waals surface area contributed by atoms with Crippen molar-refractivity contribution in [2.75, 3.05) is 39.4 Å². The van der Waals surface area contributed by atoms with Crippen LogP contribution in [0.3, 0.4) is 0 Å². The van der Waals surface area contributed by atoms with Crippen LogP contribution < -0.4 is 11.1 Å².